The molecule has 0 atom stereocenters. The Bertz CT molecular complexity index is 930. The van der Waals surface area contributed by atoms with E-state index >= 15 is 0 Å². The number of benzene rings is 1. The number of aromatic nitrogens is 2. The predicted octanol–water partition coefficient (Wildman–Crippen LogP) is 4.04. The van der Waals surface area contributed by atoms with Gasteiger partial charge < -0.3 is 14.4 Å². The molecule has 2 heterocycles. The molecule has 1 aromatic carbocycles. The maximum Gasteiger partial charge on any atom is 0.343 e. The summed E-state index contributed by atoms with van der Waals surface area (Å²) in [5.74, 6) is -0.192. The van der Waals surface area contributed by atoms with Crippen LogP contribution in [-0.4, -0.2) is 27.8 Å². The van der Waals surface area contributed by atoms with E-state index in [1.54, 1.807) is 26.0 Å². The van der Waals surface area contributed by atoms with Crippen LogP contribution in [-0.2, 0) is 4.74 Å². The number of carbonyl (C=O) groups excluding carboxylic acids is 1. The average Bonchev–Trinajstić information content (AvgIpc) is 2.87. The molecule has 0 aliphatic heterocycles. The second-order valence-electron chi connectivity index (χ2n) is 5.29. The van der Waals surface area contributed by atoms with E-state index in [0.29, 0.717) is 32.9 Å². The Hall–Kier alpha value is -2.60. The van der Waals surface area contributed by atoms with Crippen molar-refractivity contribution in [2.24, 2.45) is 0 Å². The lowest BCUT2D eigenvalue weighted by Crippen LogP contribution is -2.05. The first-order valence-corrected chi connectivity index (χ1v) is 7.73. The van der Waals surface area contributed by atoms with Gasteiger partial charge in [-0.15, -0.1) is 0 Å². The van der Waals surface area contributed by atoms with Crippen LogP contribution in [0.3, 0.4) is 0 Å². The number of carbonyl (C=O) groups is 1. The molecular formula is C17H15ClN2O4. The van der Waals surface area contributed by atoms with Gasteiger partial charge in [-0.25, -0.2) is 4.79 Å². The second-order valence-corrected chi connectivity index (χ2v) is 5.70. The van der Waals surface area contributed by atoms with Crippen LogP contribution in [0.25, 0.3) is 22.0 Å². The van der Waals surface area contributed by atoms with Gasteiger partial charge in [0.2, 0.25) is 0 Å². The predicted molar refractivity (Wildman–Crippen MR) is 89.3 cm³/mol. The van der Waals surface area contributed by atoms with Crippen molar-refractivity contribution in [2.75, 3.05) is 6.61 Å². The molecule has 24 heavy (non-hydrogen) atoms. The number of hydrogen-bond acceptors (Lipinski definition) is 6. The standard InChI is InChI=1S/C17H15ClN2O4/c1-4-23-17(22)12-7-19-14-6-10(13(18)5-11(14)16(12)21)15-8(2)20-24-9(15)3/h5-7H,4H2,1-3H3,(H,19,21). The number of rotatable bonds is 3. The van der Waals surface area contributed by atoms with Crippen molar-refractivity contribution in [3.8, 4) is 16.9 Å². The first kappa shape index (κ1) is 16.3. The van der Waals surface area contributed by atoms with E-state index in [1.165, 1.54) is 6.20 Å². The Labute approximate surface area is 143 Å². The number of nitrogens with zero attached hydrogens (tertiary/aromatic N) is 2. The van der Waals surface area contributed by atoms with Gasteiger partial charge in [-0.1, -0.05) is 16.8 Å². The summed E-state index contributed by atoms with van der Waals surface area (Å²) in [6.07, 6.45) is 1.29. The van der Waals surface area contributed by atoms with Crippen molar-refractivity contribution in [1.29, 1.82) is 0 Å². The lowest BCUT2D eigenvalue weighted by molar-refractivity contribution is 0.0523. The van der Waals surface area contributed by atoms with Crippen molar-refractivity contribution in [2.45, 2.75) is 20.8 Å². The topological polar surface area (TPSA) is 85.5 Å². The van der Waals surface area contributed by atoms with Gasteiger partial charge in [0.1, 0.15) is 17.1 Å². The molecule has 0 unspecified atom stereocenters. The third kappa shape index (κ3) is 2.59. The average molecular weight is 347 g/mol. The minimum absolute atomic E-state index is 0.00510. The second kappa shape index (κ2) is 6.13. The van der Waals surface area contributed by atoms with Gasteiger partial charge in [-0.05, 0) is 32.9 Å². The summed E-state index contributed by atoms with van der Waals surface area (Å²) in [5.41, 5.74) is 2.71. The number of ether oxygens (including phenoxy) is 1. The third-order valence-corrected chi connectivity index (χ3v) is 4.04. The highest BCUT2D eigenvalue weighted by atomic mass is 35.5. The molecule has 0 fully saturated rings. The number of halogens is 1. The minimum Gasteiger partial charge on any atom is -0.506 e. The zero-order chi connectivity index (χ0) is 17.4. The lowest BCUT2D eigenvalue weighted by Gasteiger charge is -2.10. The molecule has 0 bridgehead atoms. The number of hydrogen-bond donors (Lipinski definition) is 1. The van der Waals surface area contributed by atoms with E-state index < -0.39 is 5.97 Å². The van der Waals surface area contributed by atoms with Crippen LogP contribution in [0.15, 0.2) is 22.9 Å². The fourth-order valence-corrected chi connectivity index (χ4v) is 2.87. The van der Waals surface area contributed by atoms with Gasteiger partial charge in [-0.3, -0.25) is 4.98 Å². The maximum atomic E-state index is 11.9. The normalized spacial score (nSPS) is 11.0. The monoisotopic (exact) mass is 346 g/mol. The van der Waals surface area contributed by atoms with Crippen molar-refractivity contribution in [3.05, 3.63) is 40.4 Å². The number of aromatic hydroxyl groups is 1. The largest absolute Gasteiger partial charge is 0.506 e. The first-order chi connectivity index (χ1) is 11.4. The number of fused-ring (bicyclic) bond motifs is 1. The Morgan fingerprint density at radius 1 is 1.38 bits per heavy atom. The summed E-state index contributed by atoms with van der Waals surface area (Å²) in [7, 11) is 0. The van der Waals surface area contributed by atoms with E-state index in [9.17, 15) is 9.90 Å². The van der Waals surface area contributed by atoms with Crippen molar-refractivity contribution >= 4 is 28.5 Å². The Morgan fingerprint density at radius 3 is 2.75 bits per heavy atom. The van der Waals surface area contributed by atoms with Gasteiger partial charge in [0, 0.05) is 27.7 Å². The number of aryl methyl sites for hydroxylation is 2. The summed E-state index contributed by atoms with van der Waals surface area (Å²) < 4.78 is 10.1. The number of esters is 1. The van der Waals surface area contributed by atoms with Crippen LogP contribution >= 0.6 is 11.6 Å². The highest BCUT2D eigenvalue weighted by Crippen LogP contribution is 2.38. The van der Waals surface area contributed by atoms with Crippen LogP contribution in [0.2, 0.25) is 5.02 Å². The smallest absolute Gasteiger partial charge is 0.343 e. The van der Waals surface area contributed by atoms with Crippen LogP contribution in [0, 0.1) is 13.8 Å². The molecular weight excluding hydrogens is 332 g/mol. The van der Waals surface area contributed by atoms with Crippen LogP contribution in [0.5, 0.6) is 5.75 Å². The molecule has 0 radical (unpaired) electrons. The molecule has 6 nitrogen and oxygen atoms in total. The van der Waals surface area contributed by atoms with E-state index in [-0.39, 0.29) is 17.9 Å². The molecule has 0 amide bonds. The Morgan fingerprint density at radius 2 is 2.12 bits per heavy atom. The van der Waals surface area contributed by atoms with Gasteiger partial charge in [0.15, 0.2) is 0 Å². The van der Waals surface area contributed by atoms with E-state index in [0.717, 1.165) is 5.56 Å². The zero-order valence-corrected chi connectivity index (χ0v) is 14.1. The maximum absolute atomic E-state index is 11.9. The van der Waals surface area contributed by atoms with Gasteiger partial charge in [0.05, 0.1) is 17.8 Å². The first-order valence-electron chi connectivity index (χ1n) is 7.35. The molecule has 0 saturated heterocycles. The van der Waals surface area contributed by atoms with Gasteiger partial charge in [0.25, 0.3) is 0 Å². The summed E-state index contributed by atoms with van der Waals surface area (Å²) >= 11 is 6.38. The Balaban J connectivity index is 2.20. The quantitative estimate of drug-likeness (QED) is 0.720. The minimum atomic E-state index is -0.629. The van der Waals surface area contributed by atoms with E-state index in [4.69, 9.17) is 20.9 Å². The zero-order valence-electron chi connectivity index (χ0n) is 13.4. The van der Waals surface area contributed by atoms with Crippen LogP contribution < -0.4 is 0 Å². The highest BCUT2D eigenvalue weighted by molar-refractivity contribution is 6.34. The molecule has 0 aliphatic carbocycles. The van der Waals surface area contributed by atoms with E-state index in [1.807, 2.05) is 6.92 Å². The molecule has 3 aromatic rings. The molecule has 1 N–H and O–H groups in total. The summed E-state index contributed by atoms with van der Waals surface area (Å²) in [6, 6.07) is 3.31. The fourth-order valence-electron chi connectivity index (χ4n) is 2.62. The van der Waals surface area contributed by atoms with Gasteiger partial charge in [-0.2, -0.15) is 0 Å². The van der Waals surface area contributed by atoms with Crippen molar-refractivity contribution in [3.63, 3.8) is 0 Å². The molecule has 7 heteroatoms. The fraction of sp³-hybridized carbons (Fsp3) is 0.235. The Kier molecular flexibility index (Phi) is 4.15. The molecule has 2 aromatic heterocycles. The third-order valence-electron chi connectivity index (χ3n) is 3.73. The summed E-state index contributed by atoms with van der Waals surface area (Å²) in [6.45, 7) is 5.52. The van der Waals surface area contributed by atoms with Gasteiger partial charge >= 0.3 is 5.97 Å². The highest BCUT2D eigenvalue weighted by Gasteiger charge is 2.20. The lowest BCUT2D eigenvalue weighted by atomic mass is 10.0. The number of pyridine rings is 1. The van der Waals surface area contributed by atoms with E-state index in [2.05, 4.69) is 10.1 Å². The van der Waals surface area contributed by atoms with Crippen LogP contribution in [0.1, 0.15) is 28.7 Å². The molecule has 0 spiro atoms. The molecule has 124 valence electrons. The van der Waals surface area contributed by atoms with Crippen molar-refractivity contribution in [1.82, 2.24) is 10.1 Å². The SMILES string of the molecule is CCOC(=O)c1cnc2cc(-c3c(C)noc3C)c(Cl)cc2c1O. The summed E-state index contributed by atoms with van der Waals surface area (Å²) in [4.78, 5) is 16.1. The molecule has 0 saturated carbocycles. The summed E-state index contributed by atoms with van der Waals surface area (Å²) in [5, 5.41) is 15.1. The molecule has 3 rings (SSSR count). The van der Waals surface area contributed by atoms with Crippen molar-refractivity contribution < 1.29 is 19.2 Å². The molecule has 0 aliphatic rings. The van der Waals surface area contributed by atoms with Crippen LogP contribution in [0.4, 0.5) is 0 Å².